The summed E-state index contributed by atoms with van der Waals surface area (Å²) in [6.07, 6.45) is 2.13. The Morgan fingerprint density at radius 2 is 1.97 bits per heavy atom. The van der Waals surface area contributed by atoms with Gasteiger partial charge >= 0.3 is 12.1 Å². The molecular weight excluding hydrogens is 446 g/mol. The van der Waals surface area contributed by atoms with E-state index in [9.17, 15) is 9.59 Å². The zero-order chi connectivity index (χ0) is 24.2. The number of aryl methyl sites for hydroxylation is 1. The van der Waals surface area contributed by atoms with E-state index in [4.69, 9.17) is 14.2 Å². The molecule has 0 fully saturated rings. The van der Waals surface area contributed by atoms with Gasteiger partial charge in [-0.05, 0) is 52.3 Å². The lowest BCUT2D eigenvalue weighted by atomic mass is 10.2. The van der Waals surface area contributed by atoms with Crippen molar-refractivity contribution in [3.63, 3.8) is 0 Å². The second-order valence-corrected chi connectivity index (χ2v) is 9.24. The van der Waals surface area contributed by atoms with Crippen molar-refractivity contribution in [3.8, 4) is 5.88 Å². The Balaban J connectivity index is 1.77. The number of ether oxygens (including phenoxy) is 3. The van der Waals surface area contributed by atoms with Gasteiger partial charge in [0.25, 0.3) is 0 Å². The summed E-state index contributed by atoms with van der Waals surface area (Å²) in [5, 5.41) is 6.63. The zero-order valence-electron chi connectivity index (χ0n) is 19.4. The number of anilines is 2. The van der Waals surface area contributed by atoms with Crippen molar-refractivity contribution < 1.29 is 23.8 Å². The van der Waals surface area contributed by atoms with Crippen LogP contribution in [0, 0.1) is 6.92 Å². The summed E-state index contributed by atoms with van der Waals surface area (Å²) >= 11 is 1.24. The van der Waals surface area contributed by atoms with Gasteiger partial charge in [0.05, 0.1) is 19.0 Å². The van der Waals surface area contributed by atoms with Crippen LogP contribution in [0.3, 0.4) is 0 Å². The van der Waals surface area contributed by atoms with Crippen molar-refractivity contribution >= 4 is 45.1 Å². The van der Waals surface area contributed by atoms with Crippen molar-refractivity contribution in [1.29, 1.82) is 0 Å². The van der Waals surface area contributed by atoms with Gasteiger partial charge in [-0.2, -0.15) is 0 Å². The predicted molar refractivity (Wildman–Crippen MR) is 125 cm³/mol. The number of alkyl carbamates (subject to hydrolysis) is 1. The van der Waals surface area contributed by atoms with Crippen LogP contribution in [0.4, 0.5) is 16.3 Å². The summed E-state index contributed by atoms with van der Waals surface area (Å²) in [5.74, 6) is 0.434. The maximum Gasteiger partial charge on any atom is 0.407 e. The maximum absolute atomic E-state index is 12.1. The summed E-state index contributed by atoms with van der Waals surface area (Å²) in [6.45, 7) is 9.26. The zero-order valence-corrected chi connectivity index (χ0v) is 20.2. The molecule has 2 N–H and O–H groups in total. The van der Waals surface area contributed by atoms with E-state index >= 15 is 0 Å². The SMILES string of the molecule is COC(=O)c1sc2ncnc(Nc3cccnc3OC(C)CNC(=O)OC(C)(C)C)c2c1C. The quantitative estimate of drug-likeness (QED) is 0.485. The molecule has 33 heavy (non-hydrogen) atoms. The lowest BCUT2D eigenvalue weighted by molar-refractivity contribution is 0.0503. The third-order valence-electron chi connectivity index (χ3n) is 4.37. The summed E-state index contributed by atoms with van der Waals surface area (Å²) in [5.41, 5.74) is 0.723. The van der Waals surface area contributed by atoms with Crippen LogP contribution in [0.1, 0.15) is 42.9 Å². The van der Waals surface area contributed by atoms with Crippen LogP contribution >= 0.6 is 11.3 Å². The third kappa shape index (κ3) is 6.07. The highest BCUT2D eigenvalue weighted by Gasteiger charge is 2.21. The normalized spacial score (nSPS) is 12.2. The first-order valence-electron chi connectivity index (χ1n) is 10.3. The van der Waals surface area contributed by atoms with Crippen molar-refractivity contribution in [1.82, 2.24) is 20.3 Å². The molecule has 0 saturated carbocycles. The molecule has 10 nitrogen and oxygen atoms in total. The largest absolute Gasteiger partial charge is 0.471 e. The van der Waals surface area contributed by atoms with E-state index in [1.807, 2.05) is 13.8 Å². The lowest BCUT2D eigenvalue weighted by Gasteiger charge is -2.21. The van der Waals surface area contributed by atoms with Gasteiger partial charge in [0, 0.05) is 6.20 Å². The van der Waals surface area contributed by atoms with Crippen LogP contribution < -0.4 is 15.4 Å². The molecule has 3 aromatic heterocycles. The van der Waals surface area contributed by atoms with E-state index in [0.29, 0.717) is 27.1 Å². The monoisotopic (exact) mass is 473 g/mol. The summed E-state index contributed by atoms with van der Waals surface area (Å²) in [7, 11) is 1.34. The van der Waals surface area contributed by atoms with Gasteiger partial charge in [-0.25, -0.2) is 24.5 Å². The fourth-order valence-corrected chi connectivity index (χ4v) is 4.00. The predicted octanol–water partition coefficient (Wildman–Crippen LogP) is 4.22. The highest BCUT2D eigenvalue weighted by Crippen LogP contribution is 2.36. The van der Waals surface area contributed by atoms with Crippen molar-refractivity contribution in [3.05, 3.63) is 35.1 Å². The number of carbonyl (C=O) groups excluding carboxylic acids is 2. The minimum absolute atomic E-state index is 0.231. The average molecular weight is 474 g/mol. The second-order valence-electron chi connectivity index (χ2n) is 8.24. The van der Waals surface area contributed by atoms with Crippen LogP contribution in [0.5, 0.6) is 5.88 Å². The van der Waals surface area contributed by atoms with Crippen molar-refractivity contribution in [2.24, 2.45) is 0 Å². The highest BCUT2D eigenvalue weighted by molar-refractivity contribution is 7.20. The van der Waals surface area contributed by atoms with Gasteiger partial charge in [-0.3, -0.25) is 0 Å². The number of rotatable bonds is 7. The Morgan fingerprint density at radius 3 is 2.67 bits per heavy atom. The molecule has 0 spiro atoms. The standard InChI is InChI=1S/C22H27N5O5S/c1-12(10-24-21(29)32-22(3,4)5)31-18-14(8-7-9-23-18)27-17-15-13(2)16(20(28)30-6)33-19(15)26-11-25-17/h7-9,11-12H,10H2,1-6H3,(H,24,29)(H,25,26,27). The molecule has 1 unspecified atom stereocenters. The molecule has 0 aromatic carbocycles. The van der Waals surface area contributed by atoms with E-state index in [-0.39, 0.29) is 12.6 Å². The number of amides is 1. The molecule has 3 rings (SSSR count). The molecule has 0 aliphatic carbocycles. The Hall–Kier alpha value is -3.47. The Bertz CT molecular complexity index is 1160. The number of thiophene rings is 1. The number of esters is 1. The smallest absolute Gasteiger partial charge is 0.407 e. The number of aromatic nitrogens is 3. The van der Waals surface area contributed by atoms with Crippen LogP contribution in [-0.4, -0.2) is 52.4 Å². The van der Waals surface area contributed by atoms with Crippen molar-refractivity contribution in [2.75, 3.05) is 19.0 Å². The van der Waals surface area contributed by atoms with Gasteiger partial charge in [-0.1, -0.05) is 0 Å². The molecule has 3 heterocycles. The number of fused-ring (bicyclic) bond motifs is 1. The molecule has 11 heteroatoms. The number of hydrogen-bond donors (Lipinski definition) is 2. The number of methoxy groups -OCH3 is 1. The molecule has 0 saturated heterocycles. The number of hydrogen-bond acceptors (Lipinski definition) is 10. The molecular formula is C22H27N5O5S. The van der Waals surface area contributed by atoms with Gasteiger partial charge in [0.1, 0.15) is 39.2 Å². The number of nitrogens with zero attached hydrogens (tertiary/aromatic N) is 3. The third-order valence-corrected chi connectivity index (χ3v) is 5.55. The van der Waals surface area contributed by atoms with Gasteiger partial charge in [-0.15, -0.1) is 11.3 Å². The summed E-state index contributed by atoms with van der Waals surface area (Å²) in [4.78, 5) is 38.0. The first-order chi connectivity index (χ1) is 15.6. The minimum Gasteiger partial charge on any atom is -0.471 e. The molecule has 1 atom stereocenters. The second kappa shape index (κ2) is 9.99. The molecule has 0 radical (unpaired) electrons. The molecule has 0 bridgehead atoms. The number of carbonyl (C=O) groups is 2. The van der Waals surface area contributed by atoms with Crippen LogP contribution in [0.15, 0.2) is 24.7 Å². The fraction of sp³-hybridized carbons (Fsp3) is 0.409. The topological polar surface area (TPSA) is 125 Å². The molecule has 0 aliphatic rings. The number of pyridine rings is 1. The Labute approximate surface area is 195 Å². The Morgan fingerprint density at radius 1 is 1.21 bits per heavy atom. The van der Waals surface area contributed by atoms with Gasteiger partial charge in [0.2, 0.25) is 5.88 Å². The van der Waals surface area contributed by atoms with E-state index in [1.165, 1.54) is 24.8 Å². The molecule has 0 aliphatic heterocycles. The van der Waals surface area contributed by atoms with Crippen LogP contribution in [-0.2, 0) is 9.47 Å². The lowest BCUT2D eigenvalue weighted by Crippen LogP contribution is -2.37. The fourth-order valence-electron chi connectivity index (χ4n) is 2.93. The summed E-state index contributed by atoms with van der Waals surface area (Å²) < 4.78 is 16.1. The van der Waals surface area contributed by atoms with Gasteiger partial charge in [0.15, 0.2) is 0 Å². The van der Waals surface area contributed by atoms with Crippen LogP contribution in [0.2, 0.25) is 0 Å². The van der Waals surface area contributed by atoms with E-state index in [0.717, 1.165) is 10.9 Å². The highest BCUT2D eigenvalue weighted by atomic mass is 32.1. The minimum atomic E-state index is -0.581. The average Bonchev–Trinajstić information content (AvgIpc) is 3.09. The van der Waals surface area contributed by atoms with E-state index in [2.05, 4.69) is 25.6 Å². The molecule has 176 valence electrons. The first-order valence-corrected chi connectivity index (χ1v) is 11.1. The molecule has 1 amide bonds. The van der Waals surface area contributed by atoms with Crippen molar-refractivity contribution in [2.45, 2.75) is 46.3 Å². The van der Waals surface area contributed by atoms with Crippen LogP contribution in [0.25, 0.3) is 10.2 Å². The van der Waals surface area contributed by atoms with E-state index < -0.39 is 17.7 Å². The van der Waals surface area contributed by atoms with E-state index in [1.54, 1.807) is 39.1 Å². The number of nitrogens with one attached hydrogen (secondary N) is 2. The van der Waals surface area contributed by atoms with Gasteiger partial charge < -0.3 is 24.8 Å². The molecule has 3 aromatic rings. The summed E-state index contributed by atoms with van der Waals surface area (Å²) in [6, 6.07) is 3.56. The first kappa shape index (κ1) is 24.2. The Kier molecular flexibility index (Phi) is 7.32. The maximum atomic E-state index is 12.1.